The molecule has 2 rings (SSSR count). The summed E-state index contributed by atoms with van der Waals surface area (Å²) in [5.41, 5.74) is 2.12. The van der Waals surface area contributed by atoms with Crippen molar-refractivity contribution in [1.29, 1.82) is 0 Å². The molecule has 0 aliphatic rings. The van der Waals surface area contributed by atoms with E-state index >= 15 is 0 Å². The van der Waals surface area contributed by atoms with Gasteiger partial charge in [0.25, 0.3) is 0 Å². The molecule has 2 aromatic rings. The number of allylic oxidation sites excluding steroid dienone is 2. The molecule has 0 N–H and O–H groups in total. The molecule has 51 heavy (non-hydrogen) atoms. The van der Waals surface area contributed by atoms with Gasteiger partial charge in [-0.15, -0.1) is 0 Å². The Morgan fingerprint density at radius 1 is 0.941 bits per heavy atom. The van der Waals surface area contributed by atoms with Crippen molar-refractivity contribution in [2.75, 3.05) is 20.7 Å². The lowest BCUT2D eigenvalue weighted by Crippen LogP contribution is -2.38. The zero-order valence-electron chi connectivity index (χ0n) is 35.2. The van der Waals surface area contributed by atoms with E-state index in [1.165, 1.54) is 0 Å². The minimum absolute atomic E-state index is 0.0410. The Morgan fingerprint density at radius 2 is 1.45 bits per heavy atom. The molecule has 0 aliphatic carbocycles. The molecule has 0 aliphatic heterocycles. The number of benzene rings is 1. The first-order chi connectivity index (χ1) is 22.9. The highest BCUT2D eigenvalue weighted by Gasteiger charge is 2.25. The van der Waals surface area contributed by atoms with Gasteiger partial charge in [0.05, 0.1) is 23.5 Å². The zero-order chi connectivity index (χ0) is 40.6. The molecule has 2 unspecified atom stereocenters. The second-order valence-electron chi connectivity index (χ2n) is 16.8. The molecule has 292 valence electrons. The Balaban J connectivity index is 0. The van der Waals surface area contributed by atoms with Crippen LogP contribution in [0, 0.1) is 17.8 Å². The summed E-state index contributed by atoms with van der Waals surface area (Å²) in [6.07, 6.45) is 6.16. The van der Waals surface area contributed by atoms with E-state index in [2.05, 4.69) is 52.5 Å². The van der Waals surface area contributed by atoms with Gasteiger partial charge in [-0.05, 0) is 98.7 Å². The van der Waals surface area contributed by atoms with Gasteiger partial charge in [-0.2, -0.15) is 5.10 Å². The second-order valence-corrected chi connectivity index (χ2v) is 20.1. The fourth-order valence-corrected chi connectivity index (χ4v) is 5.08. The molecule has 0 spiro atoms. The van der Waals surface area contributed by atoms with Crippen molar-refractivity contribution >= 4 is 33.1 Å². The summed E-state index contributed by atoms with van der Waals surface area (Å²) in [5.74, 6) is 3.68. The molecule has 2 atom stereocenters. The van der Waals surface area contributed by atoms with Crippen LogP contribution >= 0.6 is 0 Å². The van der Waals surface area contributed by atoms with Crippen molar-refractivity contribution in [3.63, 3.8) is 0 Å². The lowest BCUT2D eigenvalue weighted by molar-refractivity contribution is -0.166. The maximum atomic E-state index is 11.8. The average molecular weight is 734 g/mol. The molecule has 0 amide bonds. The maximum Gasteiger partial charge on any atom is 0.335 e. The van der Waals surface area contributed by atoms with E-state index in [4.69, 9.17) is 9.47 Å². The third-order valence-corrected chi connectivity index (χ3v) is 9.85. The number of aromatic nitrogens is 2. The summed E-state index contributed by atoms with van der Waals surface area (Å²) in [6.45, 7) is 30.0. The summed E-state index contributed by atoms with van der Waals surface area (Å²) in [5, 5.41) is 4.16. The number of rotatable bonds is 9. The summed E-state index contributed by atoms with van der Waals surface area (Å²) in [7, 11) is 3.34. The van der Waals surface area contributed by atoms with E-state index in [1.807, 2.05) is 98.8 Å². The van der Waals surface area contributed by atoms with E-state index in [9.17, 15) is 18.6 Å². The highest BCUT2D eigenvalue weighted by atomic mass is 32.2. The topological polar surface area (TPSA) is 108 Å². The maximum absolute atomic E-state index is 11.8. The van der Waals surface area contributed by atoms with Crippen molar-refractivity contribution in [2.24, 2.45) is 17.9 Å². The number of ketones is 2. The predicted octanol–water partition coefficient (Wildman–Crippen LogP) is 8.94. The van der Waals surface area contributed by atoms with Crippen molar-refractivity contribution in [3.8, 4) is 0 Å². The minimum Gasteiger partial charge on any atom is -0.464 e. The molecule has 10 heteroatoms. The van der Waals surface area contributed by atoms with E-state index in [1.54, 1.807) is 42.3 Å². The zero-order valence-corrected chi connectivity index (χ0v) is 36.0. The number of hydrogen-bond acceptors (Lipinski definition) is 7. The van der Waals surface area contributed by atoms with Crippen LogP contribution in [0.15, 0.2) is 48.7 Å². The molecule has 0 saturated heterocycles. The first-order valence-corrected chi connectivity index (χ1v) is 19.3. The average Bonchev–Trinajstić information content (AvgIpc) is 3.31. The van der Waals surface area contributed by atoms with Gasteiger partial charge in [0, 0.05) is 39.7 Å². The number of Topliss-reactive ketones (excluding diaryl/α,β-unsaturated/α-hetero) is 1. The van der Waals surface area contributed by atoms with Crippen LogP contribution in [0.1, 0.15) is 136 Å². The number of carbonyl (C=O) groups is 3. The number of aryl methyl sites for hydroxylation is 2. The number of hydrogen-bond donors (Lipinski definition) is 0. The smallest absolute Gasteiger partial charge is 0.335 e. The standard InChI is InChI=1S/C13H16O.C11H18N2O.C10H20O3.C7H17NOS/c1-13(2,3)10-9-12(14)11-7-5-4-6-8-11;1-8-9(7-13(5)12-8)10(14)6-11(2,3)4;1-6-8(9(11)12-7-2)13-10(3,4)5;1-7(2,3)10(6,9)8(4)5/h4-10H,1-3H3;7H,6H2,1-5H3;8H,6-7H2,1-5H3;6H2,1-5H3/b10-9+;;;. The fourth-order valence-electron chi connectivity index (χ4n) is 3.98. The highest BCUT2D eigenvalue weighted by Crippen LogP contribution is 2.22. The molecule has 9 nitrogen and oxygen atoms in total. The van der Waals surface area contributed by atoms with Crippen LogP contribution in [0.5, 0.6) is 0 Å². The summed E-state index contributed by atoms with van der Waals surface area (Å²) in [6, 6.07) is 9.31. The van der Waals surface area contributed by atoms with Gasteiger partial charge in [0.2, 0.25) is 0 Å². The quantitative estimate of drug-likeness (QED) is 0.110. The monoisotopic (exact) mass is 734 g/mol. The lowest BCUT2D eigenvalue weighted by Gasteiger charge is -2.29. The molecule has 0 saturated carbocycles. The molecule has 0 radical (unpaired) electrons. The molecule has 0 fully saturated rings. The Labute approximate surface area is 311 Å². The summed E-state index contributed by atoms with van der Waals surface area (Å²) < 4.78 is 25.3. The first-order valence-electron chi connectivity index (χ1n) is 17.6. The number of esters is 1. The number of nitrogens with zero attached hydrogens (tertiary/aromatic N) is 3. The first kappa shape index (κ1) is 50.0. The van der Waals surface area contributed by atoms with Gasteiger partial charge in [-0.3, -0.25) is 18.5 Å². The van der Waals surface area contributed by atoms with Crippen LogP contribution in [0.4, 0.5) is 0 Å². The molecule has 1 aromatic carbocycles. The number of carbonyl (C=O) groups excluding carboxylic acids is 3. The molecule has 0 bridgehead atoms. The molecular weight excluding hydrogens is 663 g/mol. The largest absolute Gasteiger partial charge is 0.464 e. The Hall–Kier alpha value is -3.08. The van der Waals surface area contributed by atoms with Gasteiger partial charge in [-0.25, -0.2) is 9.10 Å². The minimum atomic E-state index is -2.08. The van der Waals surface area contributed by atoms with Crippen molar-refractivity contribution in [2.45, 2.75) is 133 Å². The van der Waals surface area contributed by atoms with Gasteiger partial charge in [0.1, 0.15) is 0 Å². The van der Waals surface area contributed by atoms with Gasteiger partial charge < -0.3 is 9.47 Å². The fraction of sp³-hybridized carbons (Fsp3) is 0.634. The van der Waals surface area contributed by atoms with Gasteiger partial charge in [0.15, 0.2) is 17.7 Å². The van der Waals surface area contributed by atoms with Crippen molar-refractivity contribution in [3.05, 3.63) is 65.5 Å². The predicted molar refractivity (Wildman–Crippen MR) is 216 cm³/mol. The van der Waals surface area contributed by atoms with Crippen molar-refractivity contribution < 1.29 is 28.1 Å². The van der Waals surface area contributed by atoms with Crippen LogP contribution in [0.2, 0.25) is 0 Å². The SMILES string of the molecule is C=S(=O)(N(C)C)C(C)(C)C.CC(C)(C)/C=C/C(=O)c1ccccc1.CCOC(=O)C(CC)OC(C)(C)C.Cc1nn(C)cc1C(=O)CC(C)(C)C. The Morgan fingerprint density at radius 3 is 1.76 bits per heavy atom. The van der Waals surface area contributed by atoms with Crippen LogP contribution in [0.25, 0.3) is 0 Å². The normalized spacial score (nSPS) is 13.8. The highest BCUT2D eigenvalue weighted by molar-refractivity contribution is 7.99. The van der Waals surface area contributed by atoms with Crippen LogP contribution in [-0.2, 0) is 31.0 Å². The second kappa shape index (κ2) is 21.4. The van der Waals surface area contributed by atoms with E-state index in [0.717, 1.165) is 16.8 Å². The van der Waals surface area contributed by atoms with E-state index < -0.39 is 15.8 Å². The Bertz CT molecular complexity index is 1480. The third-order valence-electron chi connectivity index (χ3n) is 6.76. The van der Waals surface area contributed by atoms with Gasteiger partial charge in [-0.1, -0.05) is 84.9 Å². The third kappa shape index (κ3) is 22.5. The summed E-state index contributed by atoms with van der Waals surface area (Å²) >= 11 is 0. The Kier molecular flexibility index (Phi) is 21.0. The molecule has 1 aromatic heterocycles. The van der Waals surface area contributed by atoms with Crippen molar-refractivity contribution in [1.82, 2.24) is 14.1 Å². The van der Waals surface area contributed by atoms with Crippen LogP contribution in [-0.4, -0.2) is 78.9 Å². The van der Waals surface area contributed by atoms with Crippen LogP contribution in [0.3, 0.4) is 0 Å². The molecular formula is C41H71N3O6S. The van der Waals surface area contributed by atoms with E-state index in [-0.39, 0.29) is 38.7 Å². The van der Waals surface area contributed by atoms with E-state index in [0.29, 0.717) is 19.4 Å². The lowest BCUT2D eigenvalue weighted by atomic mass is 9.88. The number of ether oxygens (including phenoxy) is 2. The summed E-state index contributed by atoms with van der Waals surface area (Å²) in [4.78, 5) is 34.8. The van der Waals surface area contributed by atoms with Crippen LogP contribution < -0.4 is 0 Å². The molecule has 1 heterocycles. The van der Waals surface area contributed by atoms with Gasteiger partial charge >= 0.3 is 5.97 Å².